The zero-order valence-electron chi connectivity index (χ0n) is 29.6. The van der Waals surface area contributed by atoms with Crippen molar-refractivity contribution in [3.63, 3.8) is 0 Å². The molecule has 16 nitrogen and oxygen atoms in total. The van der Waals surface area contributed by atoms with Gasteiger partial charge >= 0.3 is 5.97 Å². The summed E-state index contributed by atoms with van der Waals surface area (Å²) in [7, 11) is 0. The van der Waals surface area contributed by atoms with Crippen LogP contribution in [-0.2, 0) is 49.5 Å². The topological polar surface area (TPSA) is 229 Å². The van der Waals surface area contributed by atoms with Crippen LogP contribution in [0.2, 0.25) is 0 Å². The van der Waals surface area contributed by atoms with Crippen LogP contribution >= 0.6 is 0 Å². The zero-order valence-corrected chi connectivity index (χ0v) is 29.6. The summed E-state index contributed by atoms with van der Waals surface area (Å²) in [5, 5.41) is 20.7. The number of aliphatic carboxylic acids is 1. The Morgan fingerprint density at radius 2 is 1.34 bits per heavy atom. The first-order chi connectivity index (χ1) is 23.5. The van der Waals surface area contributed by atoms with Crippen LogP contribution < -0.4 is 26.6 Å². The number of carboxylic acids is 1. The smallest absolute Gasteiger partial charge is 0.329 e. The number of hydrogen-bond acceptors (Lipinski definition) is 9. The Kier molecular flexibility index (Phi) is 18.1. The Labute approximate surface area is 292 Å². The lowest BCUT2D eigenvalue weighted by atomic mass is 9.78. The number of carbonyl (C=O) groups excluding carboxylic acids is 7. The van der Waals surface area contributed by atoms with Crippen LogP contribution in [-0.4, -0.2) is 103 Å². The largest absolute Gasteiger partial charge is 0.480 e. The monoisotopic (exact) mass is 702 g/mol. The van der Waals surface area contributed by atoms with Crippen LogP contribution in [0.1, 0.15) is 59.9 Å². The number of nitrogens with one attached hydrogen (secondary N) is 5. The Morgan fingerprint density at radius 3 is 1.94 bits per heavy atom. The summed E-state index contributed by atoms with van der Waals surface area (Å²) < 4.78 is 4.71. The minimum Gasteiger partial charge on any atom is -0.480 e. The Morgan fingerprint density at radius 1 is 0.780 bits per heavy atom. The maximum absolute atomic E-state index is 12.9. The van der Waals surface area contributed by atoms with E-state index in [0.717, 1.165) is 10.5 Å². The Balaban J connectivity index is 0.00000613. The molecular formula is C34H50N6O10. The quantitative estimate of drug-likeness (QED) is 0.0606. The number of amides is 7. The van der Waals surface area contributed by atoms with Gasteiger partial charge in [-0.25, -0.2) is 4.79 Å². The number of carbonyl (C=O) groups is 8. The maximum atomic E-state index is 12.9. The van der Waals surface area contributed by atoms with Crippen LogP contribution in [0, 0.1) is 10.8 Å². The first kappa shape index (κ1) is 42.9. The van der Waals surface area contributed by atoms with Gasteiger partial charge in [0.05, 0.1) is 19.6 Å². The molecule has 0 spiro atoms. The lowest BCUT2D eigenvalue weighted by Gasteiger charge is -2.32. The molecular weight excluding hydrogens is 652 g/mol. The number of ether oxygens (including phenoxy) is 1. The minimum absolute atomic E-state index is 0.0825. The Hall–Kier alpha value is -5.12. The van der Waals surface area contributed by atoms with Gasteiger partial charge in [-0.05, 0) is 23.8 Å². The van der Waals surface area contributed by atoms with Gasteiger partial charge in [0, 0.05) is 30.5 Å². The highest BCUT2D eigenvalue weighted by Crippen LogP contribution is 2.32. The van der Waals surface area contributed by atoms with Gasteiger partial charge in [-0.15, -0.1) is 0 Å². The third-order valence-electron chi connectivity index (χ3n) is 7.34. The van der Waals surface area contributed by atoms with Crippen LogP contribution in [0.5, 0.6) is 0 Å². The van der Waals surface area contributed by atoms with Gasteiger partial charge < -0.3 is 36.4 Å². The molecule has 0 radical (unpaired) electrons. The van der Waals surface area contributed by atoms with Crippen LogP contribution in [0.25, 0.3) is 0 Å². The molecule has 0 fully saturated rings. The van der Waals surface area contributed by atoms with Crippen molar-refractivity contribution >= 4 is 47.3 Å². The zero-order chi connectivity index (χ0) is 37.9. The van der Waals surface area contributed by atoms with Crippen molar-refractivity contribution in [1.82, 2.24) is 31.5 Å². The van der Waals surface area contributed by atoms with E-state index < -0.39 is 78.6 Å². The number of carboxylic acid groups (broad SMARTS) is 1. The second kappa shape index (κ2) is 21.1. The van der Waals surface area contributed by atoms with Gasteiger partial charge in [0.1, 0.15) is 19.4 Å². The minimum atomic E-state index is -1.21. The van der Waals surface area contributed by atoms with Gasteiger partial charge in [0.25, 0.3) is 11.8 Å². The van der Waals surface area contributed by atoms with Gasteiger partial charge in [0.15, 0.2) is 0 Å². The highest BCUT2D eigenvalue weighted by molar-refractivity contribution is 6.12. The molecule has 1 aromatic rings. The van der Waals surface area contributed by atoms with Crippen molar-refractivity contribution in [2.45, 2.75) is 66.8 Å². The van der Waals surface area contributed by atoms with Gasteiger partial charge in [-0.1, -0.05) is 71.9 Å². The summed E-state index contributed by atoms with van der Waals surface area (Å²) in [5.74, 6) is -5.00. The molecule has 1 aliphatic heterocycles. The van der Waals surface area contributed by atoms with E-state index in [9.17, 15) is 38.4 Å². The normalized spacial score (nSPS) is 13.0. The fraction of sp³-hybridized carbons (Fsp3) is 0.529. The lowest BCUT2D eigenvalue weighted by molar-refractivity contribution is -0.143. The average Bonchev–Trinajstić information content (AvgIpc) is 3.38. The maximum Gasteiger partial charge on any atom is 0.329 e. The molecule has 2 rings (SSSR count). The van der Waals surface area contributed by atoms with Crippen molar-refractivity contribution in [2.75, 3.05) is 39.5 Å². The number of hydrogen-bond donors (Lipinski definition) is 6. The van der Waals surface area contributed by atoms with Crippen molar-refractivity contribution in [3.8, 4) is 0 Å². The molecule has 50 heavy (non-hydrogen) atoms. The van der Waals surface area contributed by atoms with Crippen molar-refractivity contribution in [2.24, 2.45) is 10.8 Å². The van der Waals surface area contributed by atoms with E-state index >= 15 is 0 Å². The average molecular weight is 703 g/mol. The molecule has 0 bridgehead atoms. The molecule has 0 aromatic heterocycles. The summed E-state index contributed by atoms with van der Waals surface area (Å²) in [6.45, 7) is 9.09. The van der Waals surface area contributed by atoms with E-state index in [1.807, 2.05) is 27.7 Å². The van der Waals surface area contributed by atoms with E-state index in [4.69, 9.17) is 9.84 Å². The molecule has 1 unspecified atom stereocenters. The third-order valence-corrected chi connectivity index (χ3v) is 7.34. The predicted molar refractivity (Wildman–Crippen MR) is 182 cm³/mol. The van der Waals surface area contributed by atoms with Crippen LogP contribution in [0.3, 0.4) is 0 Å². The second-order valence-corrected chi connectivity index (χ2v) is 12.6. The lowest BCUT2D eigenvalue weighted by Crippen LogP contribution is -2.52. The number of rotatable bonds is 20. The molecule has 1 aromatic carbocycles. The fourth-order valence-electron chi connectivity index (χ4n) is 4.43. The van der Waals surface area contributed by atoms with Crippen molar-refractivity contribution in [3.05, 3.63) is 48.0 Å². The third kappa shape index (κ3) is 16.3. The van der Waals surface area contributed by atoms with Gasteiger partial charge in [-0.3, -0.25) is 38.5 Å². The molecule has 1 atom stereocenters. The molecule has 16 heteroatoms. The summed E-state index contributed by atoms with van der Waals surface area (Å²) >= 11 is 0. The van der Waals surface area contributed by atoms with E-state index in [1.165, 1.54) is 12.2 Å². The molecule has 7 amide bonds. The van der Waals surface area contributed by atoms with E-state index in [2.05, 4.69) is 26.6 Å². The molecule has 0 saturated heterocycles. The molecule has 1 aliphatic rings. The summed E-state index contributed by atoms with van der Waals surface area (Å²) in [5.41, 5.74) is -0.621. The SMILES string of the molecule is CC.CC(C)(CCC(C)(C)C(=O)NCC(=O)NCC(=O)NC(Cc1ccccc1)C(=O)NCC(=O)NCOCC(=O)O)CN1C(=O)C=CC1=O. The Bertz CT molecular complexity index is 1380. The number of imide groups is 1. The predicted octanol–water partition coefficient (Wildman–Crippen LogP) is 0.0212. The summed E-state index contributed by atoms with van der Waals surface area (Å²) in [6.07, 6.45) is 3.45. The van der Waals surface area contributed by atoms with E-state index in [1.54, 1.807) is 44.2 Å². The standard InChI is InChI=1S/C32H44N6O10.C2H6/c1-31(2,19-38-26(42)10-11-27(38)43)12-13-32(3,4)30(47)35-16-23(39)33-17-25(41)37-22(14-21-8-6-5-7-9-21)29(46)34-15-24(40)36-20-48-18-28(44)45;1-2/h5-11,22H,12-20H2,1-4H3,(H,33,39)(H,34,46)(H,35,47)(H,36,40)(H,37,41)(H,44,45);1-2H3. The number of nitrogens with zero attached hydrogens (tertiary/aromatic N) is 1. The van der Waals surface area contributed by atoms with Crippen LogP contribution in [0.4, 0.5) is 0 Å². The molecule has 6 N–H and O–H groups in total. The first-order valence-electron chi connectivity index (χ1n) is 16.2. The van der Waals surface area contributed by atoms with E-state index in [0.29, 0.717) is 12.8 Å². The highest BCUT2D eigenvalue weighted by Gasteiger charge is 2.34. The fourth-order valence-corrected chi connectivity index (χ4v) is 4.43. The van der Waals surface area contributed by atoms with Crippen molar-refractivity contribution < 1.29 is 48.2 Å². The first-order valence-corrected chi connectivity index (χ1v) is 16.2. The molecule has 1 heterocycles. The molecule has 0 saturated carbocycles. The highest BCUT2D eigenvalue weighted by atomic mass is 16.5. The van der Waals surface area contributed by atoms with Crippen molar-refractivity contribution in [1.29, 1.82) is 0 Å². The second-order valence-electron chi connectivity index (χ2n) is 12.6. The van der Waals surface area contributed by atoms with Crippen LogP contribution in [0.15, 0.2) is 42.5 Å². The van der Waals surface area contributed by atoms with Gasteiger partial charge in [-0.2, -0.15) is 0 Å². The summed E-state index contributed by atoms with van der Waals surface area (Å²) in [6, 6.07) is 7.69. The molecule has 276 valence electrons. The summed E-state index contributed by atoms with van der Waals surface area (Å²) in [4.78, 5) is 98.3. The number of benzene rings is 1. The molecule has 0 aliphatic carbocycles. The van der Waals surface area contributed by atoms with Gasteiger partial charge in [0.2, 0.25) is 29.5 Å². The van der Waals surface area contributed by atoms with E-state index in [-0.39, 0.29) is 31.5 Å².